The first-order chi connectivity index (χ1) is 9.40. The fourth-order valence-corrected chi connectivity index (χ4v) is 6.11. The Morgan fingerprint density at radius 3 is 1.10 bits per heavy atom. The lowest BCUT2D eigenvalue weighted by atomic mass is 10.2. The van der Waals surface area contributed by atoms with Crippen LogP contribution in [0.15, 0.2) is 24.3 Å². The molecule has 0 unspecified atom stereocenters. The van der Waals surface area contributed by atoms with Crippen molar-refractivity contribution in [2.24, 2.45) is 0 Å². The van der Waals surface area contributed by atoms with Gasteiger partial charge in [-0.25, -0.2) is 0 Å². The van der Waals surface area contributed by atoms with Crippen molar-refractivity contribution >= 4 is 39.8 Å². The molecule has 1 aromatic rings. The van der Waals surface area contributed by atoms with Gasteiger partial charge in [0, 0.05) is 11.5 Å². The Morgan fingerprint density at radius 1 is 0.650 bits per heavy atom. The molecule has 0 aliphatic heterocycles. The van der Waals surface area contributed by atoms with E-state index in [0.717, 1.165) is 34.5 Å². The maximum absolute atomic E-state index is 6.70. The molecule has 0 N–H and O–H groups in total. The van der Waals surface area contributed by atoms with Crippen LogP contribution in [0.3, 0.4) is 0 Å². The predicted molar refractivity (Wildman–Crippen MR) is 103 cm³/mol. The predicted octanol–water partition coefficient (Wildman–Crippen LogP) is 6.68. The fraction of sp³-hybridized carbons (Fsp3) is 0.625. The third-order valence-corrected chi connectivity index (χ3v) is 13.1. The Kier molecular flexibility index (Phi) is 7.62. The van der Waals surface area contributed by atoms with Crippen molar-refractivity contribution in [1.29, 1.82) is 0 Å². The van der Waals surface area contributed by atoms with E-state index in [1.165, 1.54) is 11.1 Å². The molecule has 0 bridgehead atoms. The standard InChI is InChI=1S/C16H28Cl2S2/c1-5-19(17,6-2)13-15-9-11-16(12-10-15)14-20(18,7-3)8-4/h9-12H,5-8,13-14H2,1-4H3. The first-order valence-corrected chi connectivity index (χ1v) is 13.3. The molecule has 0 nitrogen and oxygen atoms in total. The Bertz CT molecular complexity index is 356. The smallest absolute Gasteiger partial charge is 0.0151 e. The number of hydrogen-bond acceptors (Lipinski definition) is 0. The molecular formula is C16H28Cl2S2. The van der Waals surface area contributed by atoms with Crippen LogP contribution in [0.5, 0.6) is 0 Å². The third-order valence-electron chi connectivity index (χ3n) is 3.94. The lowest BCUT2D eigenvalue weighted by Gasteiger charge is -2.31. The van der Waals surface area contributed by atoms with Crippen LogP contribution in [0, 0.1) is 0 Å². The van der Waals surface area contributed by atoms with Gasteiger partial charge in [0.2, 0.25) is 0 Å². The summed E-state index contributed by atoms with van der Waals surface area (Å²) in [7, 11) is 11.5. The van der Waals surface area contributed by atoms with Crippen molar-refractivity contribution < 1.29 is 0 Å². The van der Waals surface area contributed by atoms with Crippen LogP contribution in [0.1, 0.15) is 38.8 Å². The van der Waals surface area contributed by atoms with Crippen LogP contribution in [-0.2, 0) is 11.5 Å². The van der Waals surface area contributed by atoms with E-state index < -0.39 is 18.5 Å². The van der Waals surface area contributed by atoms with Crippen molar-refractivity contribution in [2.45, 2.75) is 39.2 Å². The lowest BCUT2D eigenvalue weighted by Crippen LogP contribution is -2.04. The van der Waals surface area contributed by atoms with Gasteiger partial charge in [-0.3, -0.25) is 0 Å². The monoisotopic (exact) mass is 354 g/mol. The molecule has 1 aromatic carbocycles. The normalized spacial score (nSPS) is 14.3. The highest BCUT2D eigenvalue weighted by Crippen LogP contribution is 2.56. The van der Waals surface area contributed by atoms with E-state index in [1.54, 1.807) is 0 Å². The van der Waals surface area contributed by atoms with Crippen molar-refractivity contribution in [3.05, 3.63) is 35.4 Å². The summed E-state index contributed by atoms with van der Waals surface area (Å²) in [4.78, 5) is 0. The minimum atomic E-state index is -0.974. The Balaban J connectivity index is 2.74. The zero-order valence-corrected chi connectivity index (χ0v) is 16.3. The third kappa shape index (κ3) is 5.36. The zero-order chi connectivity index (χ0) is 15.2. The van der Waals surface area contributed by atoms with Crippen LogP contribution in [0.25, 0.3) is 0 Å². The quantitative estimate of drug-likeness (QED) is 0.488. The van der Waals surface area contributed by atoms with E-state index in [4.69, 9.17) is 21.4 Å². The summed E-state index contributed by atoms with van der Waals surface area (Å²) in [5, 5.41) is 0. The van der Waals surface area contributed by atoms with Crippen LogP contribution in [0.2, 0.25) is 0 Å². The molecule has 118 valence electrons. The van der Waals surface area contributed by atoms with Crippen LogP contribution < -0.4 is 0 Å². The Labute approximate surface area is 137 Å². The first kappa shape index (κ1) is 18.5. The molecule has 0 aliphatic rings. The number of benzene rings is 1. The summed E-state index contributed by atoms with van der Waals surface area (Å²) in [6, 6.07) is 8.97. The molecular weight excluding hydrogens is 327 g/mol. The number of halogens is 2. The van der Waals surface area contributed by atoms with E-state index in [-0.39, 0.29) is 0 Å². The van der Waals surface area contributed by atoms with Crippen LogP contribution >= 0.6 is 39.8 Å². The second-order valence-corrected chi connectivity index (χ2v) is 15.7. The fourth-order valence-electron chi connectivity index (χ4n) is 2.15. The van der Waals surface area contributed by atoms with Gasteiger partial charge in [0.05, 0.1) is 0 Å². The maximum Gasteiger partial charge on any atom is 0.0151 e. The van der Waals surface area contributed by atoms with Crippen LogP contribution in [-0.4, -0.2) is 23.0 Å². The van der Waals surface area contributed by atoms with E-state index in [1.807, 2.05) is 0 Å². The SMILES string of the molecule is CCS(Cl)(CC)Cc1ccc(CS(Cl)(CC)CC)cc1. The second kappa shape index (κ2) is 8.22. The number of hydrogen-bond donors (Lipinski definition) is 0. The summed E-state index contributed by atoms with van der Waals surface area (Å²) < 4.78 is 0. The maximum atomic E-state index is 6.70. The van der Waals surface area contributed by atoms with Gasteiger partial charge < -0.3 is 0 Å². The molecule has 0 spiro atoms. The van der Waals surface area contributed by atoms with Gasteiger partial charge >= 0.3 is 0 Å². The highest BCUT2D eigenvalue weighted by molar-refractivity contribution is 8.50. The van der Waals surface area contributed by atoms with E-state index in [9.17, 15) is 0 Å². The highest BCUT2D eigenvalue weighted by atomic mass is 35.7. The van der Waals surface area contributed by atoms with Gasteiger partial charge in [0.25, 0.3) is 0 Å². The Hall–Kier alpha value is 0.500. The zero-order valence-electron chi connectivity index (χ0n) is 13.1. The van der Waals surface area contributed by atoms with Crippen molar-refractivity contribution in [2.75, 3.05) is 23.0 Å². The molecule has 0 saturated heterocycles. The van der Waals surface area contributed by atoms with Crippen molar-refractivity contribution in [3.63, 3.8) is 0 Å². The van der Waals surface area contributed by atoms with Gasteiger partial charge in [0.1, 0.15) is 0 Å². The lowest BCUT2D eigenvalue weighted by molar-refractivity contribution is 1.29. The number of rotatable bonds is 8. The average molecular weight is 355 g/mol. The van der Waals surface area contributed by atoms with E-state index in [0.29, 0.717) is 0 Å². The van der Waals surface area contributed by atoms with Gasteiger partial charge in [0.15, 0.2) is 0 Å². The molecule has 4 heteroatoms. The molecule has 0 saturated carbocycles. The van der Waals surface area contributed by atoms with Gasteiger partial charge in [-0.05, 0) is 34.1 Å². The molecule has 0 atom stereocenters. The largest absolute Gasteiger partial charge is 0.159 e. The molecule has 1 rings (SSSR count). The summed E-state index contributed by atoms with van der Waals surface area (Å²) in [6.07, 6.45) is 0. The van der Waals surface area contributed by atoms with E-state index >= 15 is 0 Å². The minimum Gasteiger partial charge on any atom is -0.159 e. The summed E-state index contributed by atoms with van der Waals surface area (Å²) in [6.45, 7) is 8.81. The molecule has 0 aromatic heterocycles. The van der Waals surface area contributed by atoms with E-state index in [2.05, 4.69) is 52.0 Å². The van der Waals surface area contributed by atoms with Crippen molar-refractivity contribution in [1.82, 2.24) is 0 Å². The minimum absolute atomic E-state index is 0.974. The second-order valence-electron chi connectivity index (χ2n) is 5.14. The van der Waals surface area contributed by atoms with Crippen LogP contribution in [0.4, 0.5) is 0 Å². The van der Waals surface area contributed by atoms with Gasteiger partial charge in [-0.15, -0.1) is 0 Å². The average Bonchev–Trinajstić information content (AvgIpc) is 2.49. The molecule has 0 amide bonds. The van der Waals surface area contributed by atoms with Crippen molar-refractivity contribution in [3.8, 4) is 0 Å². The molecule has 0 radical (unpaired) electrons. The first-order valence-electron chi connectivity index (χ1n) is 7.40. The summed E-state index contributed by atoms with van der Waals surface area (Å²) >= 11 is 0. The topological polar surface area (TPSA) is 0 Å². The summed E-state index contributed by atoms with van der Waals surface area (Å²) in [5.41, 5.74) is 2.73. The molecule has 0 heterocycles. The molecule has 0 fully saturated rings. The highest BCUT2D eigenvalue weighted by Gasteiger charge is 2.19. The molecule has 20 heavy (non-hydrogen) atoms. The Morgan fingerprint density at radius 2 is 0.900 bits per heavy atom. The van der Waals surface area contributed by atoms with Gasteiger partial charge in [-0.2, -0.15) is 18.5 Å². The summed E-state index contributed by atoms with van der Waals surface area (Å²) in [5.74, 6) is 6.42. The van der Waals surface area contributed by atoms with Gasteiger partial charge in [-0.1, -0.05) is 73.3 Å². The molecule has 0 aliphatic carbocycles.